The first-order valence-corrected chi connectivity index (χ1v) is 11.0. The fourth-order valence-corrected chi connectivity index (χ4v) is 4.82. The molecule has 1 amide bonds. The molecule has 3 rings (SSSR count). The maximum atomic E-state index is 12.9. The van der Waals surface area contributed by atoms with E-state index in [1.807, 2.05) is 4.90 Å². The number of amides is 1. The Morgan fingerprint density at radius 3 is 2.46 bits per heavy atom. The molecular formula is C17H23F3N4O3S. The summed E-state index contributed by atoms with van der Waals surface area (Å²) in [4.78, 5) is 20.3. The topological polar surface area (TPSA) is 73.8 Å². The molecule has 7 nitrogen and oxygen atoms in total. The number of hydrogen-bond donors (Lipinski definition) is 0. The van der Waals surface area contributed by atoms with Crippen LogP contribution in [-0.4, -0.2) is 73.5 Å². The summed E-state index contributed by atoms with van der Waals surface area (Å²) in [7, 11) is -3.44. The zero-order chi connectivity index (χ0) is 20.5. The molecule has 2 saturated heterocycles. The number of aromatic nitrogens is 1. The van der Waals surface area contributed by atoms with E-state index in [1.54, 1.807) is 4.90 Å². The zero-order valence-electron chi connectivity index (χ0n) is 15.5. The minimum Gasteiger partial charge on any atom is -0.355 e. The number of carbonyl (C=O) groups excluding carboxylic acids is 1. The summed E-state index contributed by atoms with van der Waals surface area (Å²) in [6.07, 6.45) is -0.726. The number of sulfonamides is 1. The van der Waals surface area contributed by atoms with E-state index in [-0.39, 0.29) is 5.91 Å². The van der Waals surface area contributed by atoms with Crippen molar-refractivity contribution in [1.82, 2.24) is 14.2 Å². The van der Waals surface area contributed by atoms with Crippen molar-refractivity contribution in [3.63, 3.8) is 0 Å². The highest BCUT2D eigenvalue weighted by atomic mass is 32.2. The number of pyridine rings is 1. The van der Waals surface area contributed by atoms with E-state index in [0.29, 0.717) is 57.8 Å². The van der Waals surface area contributed by atoms with Crippen molar-refractivity contribution in [1.29, 1.82) is 0 Å². The average molecular weight is 420 g/mol. The lowest BCUT2D eigenvalue weighted by atomic mass is 10.2. The van der Waals surface area contributed by atoms with Gasteiger partial charge in [-0.1, -0.05) is 0 Å². The van der Waals surface area contributed by atoms with Crippen LogP contribution in [0.25, 0.3) is 0 Å². The average Bonchev–Trinajstić information content (AvgIpc) is 2.99. The number of rotatable bonds is 3. The molecular weight excluding hydrogens is 397 g/mol. The minimum atomic E-state index is -4.43. The van der Waals surface area contributed by atoms with Gasteiger partial charge < -0.3 is 9.80 Å². The van der Waals surface area contributed by atoms with Crippen LogP contribution >= 0.6 is 0 Å². The molecule has 28 heavy (non-hydrogen) atoms. The van der Waals surface area contributed by atoms with Crippen LogP contribution in [0.4, 0.5) is 19.0 Å². The molecule has 0 saturated carbocycles. The van der Waals surface area contributed by atoms with Gasteiger partial charge in [0.1, 0.15) is 11.9 Å². The fourth-order valence-electron chi connectivity index (χ4n) is 3.70. The quantitative estimate of drug-likeness (QED) is 0.742. The Balaban J connectivity index is 1.65. The Morgan fingerprint density at radius 2 is 1.86 bits per heavy atom. The van der Waals surface area contributed by atoms with Crippen LogP contribution in [0.5, 0.6) is 0 Å². The Bertz CT molecular complexity index is 814. The van der Waals surface area contributed by atoms with Gasteiger partial charge in [-0.15, -0.1) is 0 Å². The summed E-state index contributed by atoms with van der Waals surface area (Å²) >= 11 is 0. The van der Waals surface area contributed by atoms with Crippen LogP contribution in [0.3, 0.4) is 0 Å². The number of nitrogens with zero attached hydrogens (tertiary/aromatic N) is 4. The third-order valence-corrected chi connectivity index (χ3v) is 6.41. The van der Waals surface area contributed by atoms with Gasteiger partial charge in [0.2, 0.25) is 15.9 Å². The number of hydrogen-bond acceptors (Lipinski definition) is 5. The molecule has 1 atom stereocenters. The van der Waals surface area contributed by atoms with Crippen LogP contribution in [0.2, 0.25) is 0 Å². The highest BCUT2D eigenvalue weighted by Crippen LogP contribution is 2.29. The first-order chi connectivity index (χ1) is 13.1. The zero-order valence-corrected chi connectivity index (χ0v) is 16.3. The summed E-state index contributed by atoms with van der Waals surface area (Å²) < 4.78 is 63.1. The Labute approximate surface area is 162 Å². The highest BCUT2D eigenvalue weighted by molar-refractivity contribution is 7.88. The Hall–Kier alpha value is -1.88. The van der Waals surface area contributed by atoms with E-state index in [0.717, 1.165) is 18.5 Å². The highest BCUT2D eigenvalue weighted by Gasteiger charge is 2.39. The first kappa shape index (κ1) is 20.8. The van der Waals surface area contributed by atoms with Gasteiger partial charge in [0.15, 0.2) is 0 Å². The molecule has 1 aromatic rings. The van der Waals surface area contributed by atoms with E-state index in [2.05, 4.69) is 4.98 Å². The lowest BCUT2D eigenvalue weighted by Crippen LogP contribution is -2.48. The van der Waals surface area contributed by atoms with E-state index >= 15 is 0 Å². The van der Waals surface area contributed by atoms with Crippen LogP contribution in [-0.2, 0) is 21.0 Å². The van der Waals surface area contributed by atoms with Crippen molar-refractivity contribution in [2.24, 2.45) is 0 Å². The molecule has 1 unspecified atom stereocenters. The molecule has 2 aliphatic heterocycles. The lowest BCUT2D eigenvalue weighted by molar-refractivity contribution is -0.138. The maximum absolute atomic E-state index is 12.9. The maximum Gasteiger partial charge on any atom is 0.417 e. The first-order valence-electron chi connectivity index (χ1n) is 9.11. The second-order valence-corrected chi connectivity index (χ2v) is 9.04. The smallest absolute Gasteiger partial charge is 0.355 e. The SMILES string of the molecule is CS(=O)(=O)N1CCCC1C(=O)N1CCCN(c2ccc(C(F)(F)F)cn2)CC1. The van der Waals surface area contributed by atoms with Crippen molar-refractivity contribution in [2.45, 2.75) is 31.5 Å². The van der Waals surface area contributed by atoms with Crippen LogP contribution in [0.1, 0.15) is 24.8 Å². The molecule has 3 heterocycles. The van der Waals surface area contributed by atoms with Gasteiger partial charge >= 0.3 is 6.18 Å². The third-order valence-electron chi connectivity index (χ3n) is 5.12. The second-order valence-electron chi connectivity index (χ2n) is 7.10. The molecule has 0 N–H and O–H groups in total. The standard InChI is InChI=1S/C17H23F3N4O3S/c1-28(26,27)24-9-2-4-14(24)16(25)23-8-3-7-22(10-11-23)15-6-5-13(12-21-15)17(18,19)20/h5-6,12,14H,2-4,7-11H2,1H3. The minimum absolute atomic E-state index is 0.204. The van der Waals surface area contributed by atoms with Crippen molar-refractivity contribution in [2.75, 3.05) is 43.9 Å². The molecule has 0 bridgehead atoms. The molecule has 0 spiro atoms. The normalized spacial score (nSPS) is 22.4. The molecule has 2 fully saturated rings. The fraction of sp³-hybridized carbons (Fsp3) is 0.647. The van der Waals surface area contributed by atoms with Crippen LogP contribution in [0.15, 0.2) is 18.3 Å². The molecule has 1 aromatic heterocycles. The second kappa shape index (κ2) is 7.86. The van der Waals surface area contributed by atoms with Gasteiger partial charge in [-0.3, -0.25) is 4.79 Å². The molecule has 0 radical (unpaired) electrons. The van der Waals surface area contributed by atoms with Crippen molar-refractivity contribution in [3.8, 4) is 0 Å². The van der Waals surface area contributed by atoms with E-state index < -0.39 is 27.8 Å². The van der Waals surface area contributed by atoms with Crippen molar-refractivity contribution >= 4 is 21.7 Å². The molecule has 156 valence electrons. The summed E-state index contributed by atoms with van der Waals surface area (Å²) in [6, 6.07) is 1.67. The largest absolute Gasteiger partial charge is 0.417 e. The molecule has 2 aliphatic rings. The number of anilines is 1. The van der Waals surface area contributed by atoms with Gasteiger partial charge in [-0.25, -0.2) is 13.4 Å². The Morgan fingerprint density at radius 1 is 1.11 bits per heavy atom. The number of carbonyl (C=O) groups is 1. The van der Waals surface area contributed by atoms with E-state index in [4.69, 9.17) is 0 Å². The Kier molecular flexibility index (Phi) is 5.85. The van der Waals surface area contributed by atoms with Crippen molar-refractivity contribution in [3.05, 3.63) is 23.9 Å². The molecule has 0 aromatic carbocycles. The van der Waals surface area contributed by atoms with Crippen LogP contribution < -0.4 is 4.90 Å². The molecule has 0 aliphatic carbocycles. The van der Waals surface area contributed by atoms with E-state index in [1.165, 1.54) is 10.4 Å². The van der Waals surface area contributed by atoms with Crippen molar-refractivity contribution < 1.29 is 26.4 Å². The van der Waals surface area contributed by atoms with Gasteiger partial charge in [-0.05, 0) is 31.4 Å². The lowest BCUT2D eigenvalue weighted by Gasteiger charge is -2.28. The molecule has 11 heteroatoms. The summed E-state index contributed by atoms with van der Waals surface area (Å²) in [5, 5.41) is 0. The van der Waals surface area contributed by atoms with Gasteiger partial charge in [0, 0.05) is 38.9 Å². The van der Waals surface area contributed by atoms with Gasteiger partial charge in [-0.2, -0.15) is 17.5 Å². The van der Waals surface area contributed by atoms with Gasteiger partial charge in [0.25, 0.3) is 0 Å². The predicted octanol–water partition coefficient (Wildman–Crippen LogP) is 1.56. The van der Waals surface area contributed by atoms with Crippen LogP contribution in [0, 0.1) is 0 Å². The predicted molar refractivity (Wildman–Crippen MR) is 97.2 cm³/mol. The summed E-state index contributed by atoms with van der Waals surface area (Å²) in [5.41, 5.74) is -0.801. The monoisotopic (exact) mass is 420 g/mol. The summed E-state index contributed by atoms with van der Waals surface area (Å²) in [5.74, 6) is 0.228. The number of halogens is 3. The number of alkyl halides is 3. The van der Waals surface area contributed by atoms with E-state index in [9.17, 15) is 26.4 Å². The summed E-state index contributed by atoms with van der Waals surface area (Å²) in [6.45, 7) is 2.18. The van der Waals surface area contributed by atoms with Gasteiger partial charge in [0.05, 0.1) is 11.8 Å². The third kappa shape index (κ3) is 4.57.